The Morgan fingerprint density at radius 2 is 1.90 bits per heavy atom. The Kier molecular flexibility index (Phi) is 8.14. The third kappa shape index (κ3) is 5.89. The molecule has 1 amide bonds. The molecule has 0 bridgehead atoms. The van der Waals surface area contributed by atoms with Gasteiger partial charge in [-0.25, -0.2) is 4.98 Å². The van der Waals surface area contributed by atoms with Gasteiger partial charge in [0.15, 0.2) is 5.82 Å². The van der Waals surface area contributed by atoms with Crippen molar-refractivity contribution >= 4 is 29.3 Å². The van der Waals surface area contributed by atoms with Crippen LogP contribution < -0.4 is 14.8 Å². The zero-order valence-electron chi connectivity index (χ0n) is 17.7. The molecule has 0 unspecified atom stereocenters. The first kappa shape index (κ1) is 22.9. The number of aryl methyl sites for hydroxylation is 1. The van der Waals surface area contributed by atoms with E-state index in [1.165, 1.54) is 5.56 Å². The molecule has 1 aliphatic heterocycles. The molecule has 3 aromatic rings. The molecule has 0 atom stereocenters. The molecule has 1 aromatic heterocycles. The number of nitrogens with one attached hydrogen (secondary N) is 2. The van der Waals surface area contributed by atoms with Gasteiger partial charge in [0, 0.05) is 32.2 Å². The number of carbonyl (C=O) groups excluding carboxylic acids is 1. The number of hydrogen-bond donors (Lipinski definition) is 2. The molecular formula is C23H29ClN4O3. The number of benzene rings is 2. The van der Waals surface area contributed by atoms with Gasteiger partial charge in [-0.15, -0.1) is 12.4 Å². The summed E-state index contributed by atoms with van der Waals surface area (Å²) in [7, 11) is 1.65. The van der Waals surface area contributed by atoms with E-state index >= 15 is 0 Å². The minimum atomic E-state index is -0.0241. The lowest BCUT2D eigenvalue weighted by Crippen LogP contribution is -2.46. The third-order valence-electron chi connectivity index (χ3n) is 5.32. The van der Waals surface area contributed by atoms with E-state index in [1.54, 1.807) is 7.11 Å². The number of aromatic nitrogens is 2. The second-order valence-electron chi connectivity index (χ2n) is 7.46. The summed E-state index contributed by atoms with van der Waals surface area (Å²) in [6.07, 6.45) is 2.94. The average Bonchev–Trinajstić information content (AvgIpc) is 3.22. The summed E-state index contributed by atoms with van der Waals surface area (Å²) in [6.45, 7) is 3.77. The lowest BCUT2D eigenvalue weighted by atomic mass is 10.1. The van der Waals surface area contributed by atoms with E-state index in [0.717, 1.165) is 68.0 Å². The molecule has 2 N–H and O–H groups in total. The van der Waals surface area contributed by atoms with E-state index in [2.05, 4.69) is 27.4 Å². The summed E-state index contributed by atoms with van der Waals surface area (Å²) in [5, 5.41) is 3.26. The SMILES string of the molecule is COc1cccc(OCCCCc2ccc3nc(C(=O)N4CCNCC4)[nH]c3c2)c1.Cl. The molecular weight excluding hydrogens is 416 g/mol. The van der Waals surface area contributed by atoms with Gasteiger partial charge in [0.25, 0.3) is 5.91 Å². The monoisotopic (exact) mass is 444 g/mol. The van der Waals surface area contributed by atoms with E-state index in [9.17, 15) is 4.79 Å². The van der Waals surface area contributed by atoms with Gasteiger partial charge in [0.1, 0.15) is 11.5 Å². The summed E-state index contributed by atoms with van der Waals surface area (Å²) in [5.74, 6) is 2.03. The fourth-order valence-electron chi connectivity index (χ4n) is 3.64. The lowest BCUT2D eigenvalue weighted by molar-refractivity contribution is 0.0725. The molecule has 7 nitrogen and oxygen atoms in total. The number of amides is 1. The van der Waals surface area contributed by atoms with Crippen LogP contribution in [-0.2, 0) is 6.42 Å². The number of nitrogens with zero attached hydrogens (tertiary/aromatic N) is 2. The van der Waals surface area contributed by atoms with Gasteiger partial charge in [0.05, 0.1) is 24.8 Å². The van der Waals surface area contributed by atoms with Gasteiger partial charge in [-0.05, 0) is 49.1 Å². The number of H-pyrrole nitrogens is 1. The Labute approximate surface area is 188 Å². The maximum absolute atomic E-state index is 12.6. The van der Waals surface area contributed by atoms with E-state index in [4.69, 9.17) is 9.47 Å². The zero-order valence-corrected chi connectivity index (χ0v) is 18.5. The van der Waals surface area contributed by atoms with Crippen LogP contribution in [0.2, 0.25) is 0 Å². The topological polar surface area (TPSA) is 79.5 Å². The number of ether oxygens (including phenoxy) is 2. The Hall–Kier alpha value is -2.77. The molecule has 166 valence electrons. The van der Waals surface area contributed by atoms with Gasteiger partial charge in [-0.1, -0.05) is 12.1 Å². The maximum Gasteiger partial charge on any atom is 0.289 e. The maximum atomic E-state index is 12.6. The smallest absolute Gasteiger partial charge is 0.289 e. The van der Waals surface area contributed by atoms with E-state index in [1.807, 2.05) is 35.2 Å². The summed E-state index contributed by atoms with van der Waals surface area (Å²) >= 11 is 0. The Balaban J connectivity index is 0.00000272. The normalized spacial score (nSPS) is 13.6. The highest BCUT2D eigenvalue weighted by Gasteiger charge is 2.20. The summed E-state index contributed by atoms with van der Waals surface area (Å²) < 4.78 is 11.0. The first-order valence-electron chi connectivity index (χ1n) is 10.5. The number of imidazole rings is 1. The third-order valence-corrected chi connectivity index (χ3v) is 5.32. The highest BCUT2D eigenvalue weighted by Crippen LogP contribution is 2.20. The van der Waals surface area contributed by atoms with Gasteiger partial charge < -0.3 is 24.7 Å². The molecule has 0 saturated carbocycles. The number of unbranched alkanes of at least 4 members (excludes halogenated alkanes) is 1. The summed E-state index contributed by atoms with van der Waals surface area (Å²) in [4.78, 5) is 22.2. The molecule has 1 saturated heterocycles. The van der Waals surface area contributed by atoms with Crippen molar-refractivity contribution < 1.29 is 14.3 Å². The number of methoxy groups -OCH3 is 1. The number of fused-ring (bicyclic) bond motifs is 1. The van der Waals surface area contributed by atoms with Crippen molar-refractivity contribution in [1.82, 2.24) is 20.2 Å². The second-order valence-corrected chi connectivity index (χ2v) is 7.46. The molecule has 1 aliphatic rings. The summed E-state index contributed by atoms with van der Waals surface area (Å²) in [6, 6.07) is 13.8. The van der Waals surface area contributed by atoms with Crippen LogP contribution in [0.4, 0.5) is 0 Å². The fourth-order valence-corrected chi connectivity index (χ4v) is 3.64. The van der Waals surface area contributed by atoms with Crippen LogP contribution in [0.25, 0.3) is 11.0 Å². The Morgan fingerprint density at radius 3 is 2.71 bits per heavy atom. The van der Waals surface area contributed by atoms with E-state index in [0.29, 0.717) is 12.4 Å². The number of hydrogen-bond acceptors (Lipinski definition) is 5. The highest BCUT2D eigenvalue weighted by atomic mass is 35.5. The predicted octanol–water partition coefficient (Wildman–Crippen LogP) is 3.44. The van der Waals surface area contributed by atoms with Crippen molar-refractivity contribution in [3.8, 4) is 11.5 Å². The van der Waals surface area contributed by atoms with Gasteiger partial charge in [0.2, 0.25) is 0 Å². The van der Waals surface area contributed by atoms with Crippen LogP contribution in [0.3, 0.4) is 0 Å². The number of halogens is 1. The second kappa shape index (κ2) is 11.0. The average molecular weight is 445 g/mol. The first-order chi connectivity index (χ1) is 14.7. The molecule has 4 rings (SSSR count). The van der Waals surface area contributed by atoms with Crippen molar-refractivity contribution in [2.75, 3.05) is 39.9 Å². The molecule has 2 aromatic carbocycles. The van der Waals surface area contributed by atoms with Gasteiger partial charge in [-0.2, -0.15) is 0 Å². The van der Waals surface area contributed by atoms with Crippen LogP contribution >= 0.6 is 12.4 Å². The highest BCUT2D eigenvalue weighted by molar-refractivity contribution is 5.94. The van der Waals surface area contributed by atoms with Gasteiger partial charge >= 0.3 is 0 Å². The van der Waals surface area contributed by atoms with Crippen LogP contribution in [0.5, 0.6) is 11.5 Å². The van der Waals surface area contributed by atoms with E-state index < -0.39 is 0 Å². The van der Waals surface area contributed by atoms with Crippen LogP contribution in [-0.4, -0.2) is 60.7 Å². The van der Waals surface area contributed by atoms with Crippen LogP contribution in [0, 0.1) is 0 Å². The standard InChI is InChI=1S/C23H28N4O3.ClH/c1-29-18-6-4-7-19(16-18)30-14-3-2-5-17-8-9-20-21(15-17)26-22(25-20)23(28)27-12-10-24-11-13-27;/h4,6-9,15-16,24H,2-3,5,10-14H2,1H3,(H,25,26);1H. The number of piperazine rings is 1. The molecule has 31 heavy (non-hydrogen) atoms. The number of carbonyl (C=O) groups is 1. The van der Waals surface area contributed by atoms with Gasteiger partial charge in [-0.3, -0.25) is 4.79 Å². The van der Waals surface area contributed by atoms with Crippen molar-refractivity contribution in [3.63, 3.8) is 0 Å². The quantitative estimate of drug-likeness (QED) is 0.520. The van der Waals surface area contributed by atoms with Crippen molar-refractivity contribution in [3.05, 3.63) is 53.9 Å². The fraction of sp³-hybridized carbons (Fsp3) is 0.391. The molecule has 0 radical (unpaired) electrons. The van der Waals surface area contributed by atoms with E-state index in [-0.39, 0.29) is 18.3 Å². The zero-order chi connectivity index (χ0) is 20.8. The lowest BCUT2D eigenvalue weighted by Gasteiger charge is -2.26. The van der Waals surface area contributed by atoms with Crippen LogP contribution in [0.15, 0.2) is 42.5 Å². The minimum Gasteiger partial charge on any atom is -0.497 e. The number of rotatable bonds is 8. The largest absolute Gasteiger partial charge is 0.497 e. The summed E-state index contributed by atoms with van der Waals surface area (Å²) in [5.41, 5.74) is 2.98. The first-order valence-corrected chi connectivity index (χ1v) is 10.5. The van der Waals surface area contributed by atoms with Crippen LogP contribution in [0.1, 0.15) is 29.0 Å². The predicted molar refractivity (Wildman–Crippen MR) is 124 cm³/mol. The molecule has 0 spiro atoms. The van der Waals surface area contributed by atoms with Crippen molar-refractivity contribution in [2.45, 2.75) is 19.3 Å². The number of aromatic amines is 1. The molecule has 1 fully saturated rings. The molecule has 8 heteroatoms. The molecule has 0 aliphatic carbocycles. The van der Waals surface area contributed by atoms with Crippen molar-refractivity contribution in [2.24, 2.45) is 0 Å². The Bertz CT molecular complexity index is 1000. The molecule has 2 heterocycles. The Morgan fingerprint density at radius 1 is 1.10 bits per heavy atom. The minimum absolute atomic E-state index is 0. The van der Waals surface area contributed by atoms with Crippen molar-refractivity contribution in [1.29, 1.82) is 0 Å².